The average Bonchev–Trinajstić information content (AvgIpc) is 2.52. The molecule has 1 aromatic carbocycles. The fourth-order valence-corrected chi connectivity index (χ4v) is 3.55. The average molecular weight is 236 g/mol. The lowest BCUT2D eigenvalue weighted by Crippen LogP contribution is -1.95. The summed E-state index contributed by atoms with van der Waals surface area (Å²) in [5.41, 5.74) is -1.05. The van der Waals surface area contributed by atoms with Gasteiger partial charge in [0, 0.05) is 9.40 Å². The van der Waals surface area contributed by atoms with E-state index in [0.717, 1.165) is 9.40 Å². The molecule has 0 bridgehead atoms. The third kappa shape index (κ3) is 1.24. The standard InChI is InChI=1S/C10H4O3S2/c11-9-7-8(10(12)13-9)15-6-4-2-1-3-5(6)14-7/h1-4H. The molecule has 2 aliphatic heterocycles. The predicted molar refractivity (Wildman–Crippen MR) is 59.8 cm³/mol. The lowest BCUT2D eigenvalue weighted by Gasteiger charge is -1.91. The lowest BCUT2D eigenvalue weighted by molar-refractivity contribution is 0.490. The van der Waals surface area contributed by atoms with E-state index in [1.165, 1.54) is 22.7 Å². The summed E-state index contributed by atoms with van der Waals surface area (Å²) in [6.45, 7) is 0. The van der Waals surface area contributed by atoms with Gasteiger partial charge in [-0.15, -0.1) is 22.7 Å². The maximum atomic E-state index is 11.3. The predicted octanol–water partition coefficient (Wildman–Crippen LogP) is 2.00. The van der Waals surface area contributed by atoms with Gasteiger partial charge in [-0.1, -0.05) is 12.1 Å². The lowest BCUT2D eigenvalue weighted by atomic mass is 10.4. The highest BCUT2D eigenvalue weighted by molar-refractivity contribution is 7.26. The van der Waals surface area contributed by atoms with E-state index in [0.29, 0.717) is 9.06 Å². The summed E-state index contributed by atoms with van der Waals surface area (Å²) in [5, 5.41) is 0. The van der Waals surface area contributed by atoms with E-state index in [-0.39, 0.29) is 0 Å². The molecule has 0 saturated carbocycles. The zero-order chi connectivity index (χ0) is 10.4. The summed E-state index contributed by atoms with van der Waals surface area (Å²) < 4.78 is 7.37. The van der Waals surface area contributed by atoms with Gasteiger partial charge >= 0.3 is 11.3 Å². The Morgan fingerprint density at radius 2 is 1.33 bits per heavy atom. The molecule has 3 nitrogen and oxygen atoms in total. The van der Waals surface area contributed by atoms with Crippen LogP contribution in [0.15, 0.2) is 38.3 Å². The van der Waals surface area contributed by atoms with E-state index >= 15 is 0 Å². The molecule has 0 aromatic heterocycles. The minimum absolute atomic E-state index is 0.420. The third-order valence-electron chi connectivity index (χ3n) is 2.04. The fourth-order valence-electron chi connectivity index (χ4n) is 1.38. The summed E-state index contributed by atoms with van der Waals surface area (Å²) in [6.07, 6.45) is 0. The van der Waals surface area contributed by atoms with Crippen LogP contribution in [0.3, 0.4) is 0 Å². The molecular weight excluding hydrogens is 232 g/mol. The van der Waals surface area contributed by atoms with Gasteiger partial charge in [0.15, 0.2) is 0 Å². The monoisotopic (exact) mass is 236 g/mol. The highest BCUT2D eigenvalue weighted by atomic mass is 32.1. The van der Waals surface area contributed by atoms with Crippen molar-refractivity contribution < 1.29 is 4.42 Å². The first kappa shape index (κ1) is 8.82. The van der Waals surface area contributed by atoms with E-state index in [2.05, 4.69) is 4.42 Å². The zero-order valence-corrected chi connectivity index (χ0v) is 8.98. The Morgan fingerprint density at radius 3 is 1.80 bits per heavy atom. The van der Waals surface area contributed by atoms with Gasteiger partial charge in [0.05, 0.1) is 0 Å². The van der Waals surface area contributed by atoms with Gasteiger partial charge in [-0.2, -0.15) is 0 Å². The van der Waals surface area contributed by atoms with Crippen molar-refractivity contribution in [3.8, 4) is 0 Å². The molecule has 0 N–H and O–H groups in total. The molecule has 0 spiro atoms. The SMILES string of the molecule is O=c1oc(=O)c2sc3ccccc3sc1=2. The van der Waals surface area contributed by atoms with Crippen molar-refractivity contribution in [1.82, 2.24) is 0 Å². The highest BCUT2D eigenvalue weighted by Gasteiger charge is 2.07. The highest BCUT2D eigenvalue weighted by Crippen LogP contribution is 2.23. The Bertz CT molecular complexity index is 742. The molecule has 74 valence electrons. The Labute approximate surface area is 90.9 Å². The number of hydrogen-bond acceptors (Lipinski definition) is 5. The van der Waals surface area contributed by atoms with Gasteiger partial charge in [-0.05, 0) is 12.1 Å². The van der Waals surface area contributed by atoms with E-state index in [1.807, 2.05) is 24.3 Å². The molecule has 0 saturated heterocycles. The number of fused-ring (bicyclic) bond motifs is 1. The topological polar surface area (TPSA) is 47.3 Å². The second-order valence-electron chi connectivity index (χ2n) is 2.99. The smallest absolute Gasteiger partial charge is 0.357 e. The van der Waals surface area contributed by atoms with Crippen LogP contribution in [0.5, 0.6) is 0 Å². The molecule has 0 atom stereocenters. The Kier molecular flexibility index (Phi) is 1.77. The van der Waals surface area contributed by atoms with Crippen LogP contribution >= 0.6 is 22.7 Å². The summed E-state index contributed by atoms with van der Waals surface area (Å²) in [7, 11) is 0. The number of benzene rings is 1. The molecule has 0 aliphatic carbocycles. The number of hydrogen-bond donors (Lipinski definition) is 0. The third-order valence-corrected chi connectivity index (χ3v) is 4.60. The van der Waals surface area contributed by atoms with Gasteiger partial charge in [0.25, 0.3) is 0 Å². The van der Waals surface area contributed by atoms with Crippen molar-refractivity contribution in [2.24, 2.45) is 0 Å². The summed E-state index contributed by atoms with van der Waals surface area (Å²) in [4.78, 5) is 22.6. The van der Waals surface area contributed by atoms with Crippen molar-refractivity contribution >= 4 is 32.1 Å². The molecule has 2 aliphatic rings. The van der Waals surface area contributed by atoms with Gasteiger partial charge in [0.1, 0.15) is 9.06 Å². The van der Waals surface area contributed by atoms with Crippen molar-refractivity contribution in [2.45, 2.75) is 0 Å². The maximum absolute atomic E-state index is 11.3. The summed E-state index contributed by atoms with van der Waals surface area (Å²) in [5.74, 6) is 0. The molecule has 2 heterocycles. The molecule has 3 rings (SSSR count). The molecule has 1 aromatic rings. The van der Waals surface area contributed by atoms with E-state index in [9.17, 15) is 9.59 Å². The first-order valence-electron chi connectivity index (χ1n) is 4.21. The van der Waals surface area contributed by atoms with Crippen LogP contribution in [0.4, 0.5) is 0 Å². The van der Waals surface area contributed by atoms with Crippen LogP contribution in [-0.4, -0.2) is 0 Å². The Morgan fingerprint density at radius 1 is 0.867 bits per heavy atom. The van der Waals surface area contributed by atoms with Crippen LogP contribution in [0.25, 0.3) is 9.40 Å². The largest absolute Gasteiger partial charge is 0.384 e. The molecule has 0 radical (unpaired) electrons. The van der Waals surface area contributed by atoms with E-state index in [4.69, 9.17) is 0 Å². The second-order valence-corrected chi connectivity index (χ2v) is 5.09. The zero-order valence-electron chi connectivity index (χ0n) is 7.35. The second kappa shape index (κ2) is 3.01. The molecule has 0 amide bonds. The Hall–Kier alpha value is -1.46. The van der Waals surface area contributed by atoms with E-state index < -0.39 is 11.3 Å². The van der Waals surface area contributed by atoms with Crippen LogP contribution in [-0.2, 0) is 0 Å². The quantitative estimate of drug-likeness (QED) is 0.599. The minimum atomic E-state index is -0.526. The van der Waals surface area contributed by atoms with E-state index in [1.54, 1.807) is 0 Å². The molecule has 0 fully saturated rings. The van der Waals surface area contributed by atoms with Crippen LogP contribution in [0.2, 0.25) is 0 Å². The molecule has 5 heteroatoms. The van der Waals surface area contributed by atoms with Crippen LogP contribution in [0, 0.1) is 9.06 Å². The first-order valence-corrected chi connectivity index (χ1v) is 5.84. The minimum Gasteiger partial charge on any atom is -0.384 e. The maximum Gasteiger partial charge on any atom is 0.357 e. The molecular formula is C10H4O3S2. The van der Waals surface area contributed by atoms with Crippen LogP contribution in [0.1, 0.15) is 0 Å². The van der Waals surface area contributed by atoms with Crippen molar-refractivity contribution in [2.75, 3.05) is 0 Å². The normalized spacial score (nSPS) is 11.2. The first-order chi connectivity index (χ1) is 7.25. The Balaban J connectivity index is 2.75. The molecule has 0 unspecified atom stereocenters. The van der Waals surface area contributed by atoms with Gasteiger partial charge in [-0.3, -0.25) is 0 Å². The fraction of sp³-hybridized carbons (Fsp3) is 0. The summed E-state index contributed by atoms with van der Waals surface area (Å²) >= 11 is 2.61. The summed E-state index contributed by atoms with van der Waals surface area (Å²) in [6, 6.07) is 7.65. The number of rotatable bonds is 0. The van der Waals surface area contributed by atoms with Crippen molar-refractivity contribution in [1.29, 1.82) is 0 Å². The molecule has 15 heavy (non-hydrogen) atoms. The van der Waals surface area contributed by atoms with Gasteiger partial charge < -0.3 is 4.42 Å². The van der Waals surface area contributed by atoms with Gasteiger partial charge in [0.2, 0.25) is 0 Å². The van der Waals surface area contributed by atoms with Crippen molar-refractivity contribution in [3.05, 3.63) is 54.2 Å². The van der Waals surface area contributed by atoms with Gasteiger partial charge in [-0.25, -0.2) is 9.59 Å². The van der Waals surface area contributed by atoms with Crippen LogP contribution < -0.4 is 11.3 Å². The van der Waals surface area contributed by atoms with Crippen molar-refractivity contribution in [3.63, 3.8) is 0 Å².